The van der Waals surface area contributed by atoms with Crippen LogP contribution in [0.4, 0.5) is 0 Å². The van der Waals surface area contributed by atoms with E-state index in [1.807, 2.05) is 0 Å². The van der Waals surface area contributed by atoms with Gasteiger partial charge in [0.05, 0.1) is 5.52 Å². The zero-order valence-corrected chi connectivity index (χ0v) is 12.5. The van der Waals surface area contributed by atoms with Crippen molar-refractivity contribution in [2.75, 3.05) is 0 Å². The van der Waals surface area contributed by atoms with Gasteiger partial charge in [0.2, 0.25) is 0 Å². The minimum atomic E-state index is 1.13. The molecule has 0 fully saturated rings. The van der Waals surface area contributed by atoms with Crippen LogP contribution in [0.3, 0.4) is 0 Å². The summed E-state index contributed by atoms with van der Waals surface area (Å²) in [5, 5.41) is 1.38. The Balaban J connectivity index is 2.33. The highest BCUT2D eigenvalue weighted by Crippen LogP contribution is 2.34. The summed E-state index contributed by atoms with van der Waals surface area (Å²) in [5.74, 6) is 0. The summed E-state index contributed by atoms with van der Waals surface area (Å²) < 4.78 is 2.42. The molecule has 0 unspecified atom stereocenters. The number of hydrogen-bond acceptors (Lipinski definition) is 0. The highest BCUT2D eigenvalue weighted by atomic mass is 15.0. The van der Waals surface area contributed by atoms with Crippen LogP contribution in [0, 0.1) is 6.92 Å². The van der Waals surface area contributed by atoms with Crippen LogP contribution in [0.25, 0.3) is 22.7 Å². The molecule has 102 valence electrons. The molecule has 1 aliphatic carbocycles. The predicted molar refractivity (Wildman–Crippen MR) is 88.8 cm³/mol. The Morgan fingerprint density at radius 2 is 2.15 bits per heavy atom. The molecule has 1 heterocycles. The molecule has 0 saturated carbocycles. The quantitative estimate of drug-likeness (QED) is 0.644. The molecule has 1 nitrogen and oxygen atoms in total. The van der Waals surface area contributed by atoms with Gasteiger partial charge in [0.25, 0.3) is 0 Å². The number of aryl methyl sites for hydroxylation is 1. The van der Waals surface area contributed by atoms with E-state index in [0.717, 1.165) is 12.8 Å². The van der Waals surface area contributed by atoms with E-state index in [2.05, 4.69) is 73.9 Å². The van der Waals surface area contributed by atoms with Crippen LogP contribution in [0.1, 0.15) is 37.1 Å². The third kappa shape index (κ3) is 2.03. The van der Waals surface area contributed by atoms with Crippen molar-refractivity contribution in [3.8, 4) is 0 Å². The summed E-state index contributed by atoms with van der Waals surface area (Å²) in [4.78, 5) is 0. The van der Waals surface area contributed by atoms with Gasteiger partial charge in [0.1, 0.15) is 0 Å². The molecule has 0 saturated heterocycles. The molecule has 0 amide bonds. The molecule has 1 aliphatic rings. The summed E-state index contributed by atoms with van der Waals surface area (Å²) in [6.45, 7) is 6.41. The van der Waals surface area contributed by atoms with Gasteiger partial charge in [-0.05, 0) is 51.8 Å². The summed E-state index contributed by atoms with van der Waals surface area (Å²) in [7, 11) is 0. The Bertz CT molecular complexity index is 739. The van der Waals surface area contributed by atoms with Crippen molar-refractivity contribution in [2.45, 2.75) is 33.6 Å². The molecule has 20 heavy (non-hydrogen) atoms. The lowest BCUT2D eigenvalue weighted by Crippen LogP contribution is -2.02. The van der Waals surface area contributed by atoms with E-state index in [9.17, 15) is 0 Å². The molecule has 0 spiro atoms. The lowest BCUT2D eigenvalue weighted by molar-refractivity contribution is 0.895. The van der Waals surface area contributed by atoms with E-state index in [-0.39, 0.29) is 0 Å². The number of hydrogen-bond donors (Lipinski definition) is 0. The molecular formula is C19H21N. The minimum absolute atomic E-state index is 1.13. The van der Waals surface area contributed by atoms with Crippen molar-refractivity contribution < 1.29 is 0 Å². The van der Waals surface area contributed by atoms with Gasteiger partial charge < -0.3 is 4.57 Å². The number of rotatable bonds is 2. The second-order valence-electron chi connectivity index (χ2n) is 5.49. The van der Waals surface area contributed by atoms with E-state index in [1.165, 1.54) is 33.4 Å². The van der Waals surface area contributed by atoms with Crippen molar-refractivity contribution in [3.63, 3.8) is 0 Å². The van der Waals surface area contributed by atoms with Gasteiger partial charge in [-0.25, -0.2) is 0 Å². The Morgan fingerprint density at radius 1 is 1.30 bits per heavy atom. The first-order valence-corrected chi connectivity index (χ1v) is 7.33. The first kappa shape index (κ1) is 13.0. The molecule has 0 N–H and O–H groups in total. The number of benzene rings is 1. The standard InChI is InChI=1S/C19H21N/c1-4-5-8-15(3)20-18-10-7-6-9-16(18)17-13-14(2)11-12-19(17)20/h4-6,8-9,11-13H,7,10H2,1-3H3/b5-4-,15-8+. The van der Waals surface area contributed by atoms with Gasteiger partial charge in [-0.1, -0.05) is 35.9 Å². The van der Waals surface area contributed by atoms with Crippen molar-refractivity contribution in [1.29, 1.82) is 0 Å². The summed E-state index contributed by atoms with van der Waals surface area (Å²) in [6, 6.07) is 6.77. The fraction of sp³-hybridized carbons (Fsp3) is 0.263. The van der Waals surface area contributed by atoms with Crippen LogP contribution in [0.5, 0.6) is 0 Å². The molecule has 1 heteroatoms. The third-order valence-electron chi connectivity index (χ3n) is 3.98. The molecule has 0 atom stereocenters. The minimum Gasteiger partial charge on any atom is -0.317 e. The maximum atomic E-state index is 2.42. The Labute approximate surface area is 120 Å². The maximum Gasteiger partial charge on any atom is 0.0534 e. The number of fused-ring (bicyclic) bond motifs is 3. The molecule has 2 aromatic rings. The molecule has 1 aromatic carbocycles. The number of aromatic nitrogens is 1. The Morgan fingerprint density at radius 3 is 2.95 bits per heavy atom. The van der Waals surface area contributed by atoms with Crippen LogP contribution in [-0.2, 0) is 6.42 Å². The van der Waals surface area contributed by atoms with Crippen molar-refractivity contribution in [2.24, 2.45) is 0 Å². The van der Waals surface area contributed by atoms with Crippen LogP contribution < -0.4 is 0 Å². The lowest BCUT2D eigenvalue weighted by atomic mass is 10.0. The third-order valence-corrected chi connectivity index (χ3v) is 3.98. The highest BCUT2D eigenvalue weighted by Gasteiger charge is 2.17. The van der Waals surface area contributed by atoms with Gasteiger partial charge in [-0.3, -0.25) is 0 Å². The fourth-order valence-electron chi connectivity index (χ4n) is 3.05. The van der Waals surface area contributed by atoms with Crippen molar-refractivity contribution >= 4 is 22.7 Å². The number of nitrogens with zero attached hydrogens (tertiary/aromatic N) is 1. The molecular weight excluding hydrogens is 242 g/mol. The second-order valence-corrected chi connectivity index (χ2v) is 5.49. The lowest BCUT2D eigenvalue weighted by Gasteiger charge is -2.13. The SMILES string of the molecule is C/C=C\C=C(/C)n1c2c(c3cc(C)ccc31)C=CCC2. The van der Waals surface area contributed by atoms with E-state index < -0.39 is 0 Å². The fourth-order valence-corrected chi connectivity index (χ4v) is 3.05. The summed E-state index contributed by atoms with van der Waals surface area (Å²) in [6.07, 6.45) is 13.2. The number of allylic oxidation sites excluding steroid dienone is 5. The van der Waals surface area contributed by atoms with Gasteiger partial charge in [-0.15, -0.1) is 0 Å². The van der Waals surface area contributed by atoms with E-state index in [1.54, 1.807) is 0 Å². The highest BCUT2D eigenvalue weighted by molar-refractivity contribution is 5.94. The Kier molecular flexibility index (Phi) is 3.35. The van der Waals surface area contributed by atoms with Gasteiger partial charge in [0.15, 0.2) is 0 Å². The van der Waals surface area contributed by atoms with Crippen LogP contribution in [0.2, 0.25) is 0 Å². The van der Waals surface area contributed by atoms with E-state index in [4.69, 9.17) is 0 Å². The first-order valence-electron chi connectivity index (χ1n) is 7.33. The first-order chi connectivity index (χ1) is 9.72. The van der Waals surface area contributed by atoms with Crippen LogP contribution in [-0.4, -0.2) is 4.57 Å². The Hall–Kier alpha value is -2.02. The van der Waals surface area contributed by atoms with Crippen molar-refractivity contribution in [1.82, 2.24) is 4.57 Å². The predicted octanol–water partition coefficient (Wildman–Crippen LogP) is 5.35. The zero-order chi connectivity index (χ0) is 14.1. The van der Waals surface area contributed by atoms with Gasteiger partial charge in [0, 0.05) is 22.3 Å². The second kappa shape index (κ2) is 5.16. The molecule has 0 aliphatic heterocycles. The van der Waals surface area contributed by atoms with E-state index in [0.29, 0.717) is 0 Å². The normalized spacial score (nSPS) is 15.2. The molecule has 1 aromatic heterocycles. The topological polar surface area (TPSA) is 4.93 Å². The van der Waals surface area contributed by atoms with Crippen LogP contribution >= 0.6 is 0 Å². The smallest absolute Gasteiger partial charge is 0.0534 e. The zero-order valence-electron chi connectivity index (χ0n) is 12.5. The summed E-state index contributed by atoms with van der Waals surface area (Å²) >= 11 is 0. The molecule has 0 radical (unpaired) electrons. The van der Waals surface area contributed by atoms with Crippen LogP contribution in [0.15, 0.2) is 42.5 Å². The molecule has 0 bridgehead atoms. The average molecular weight is 263 g/mol. The maximum absolute atomic E-state index is 2.42. The average Bonchev–Trinajstić information content (AvgIpc) is 2.79. The largest absolute Gasteiger partial charge is 0.317 e. The van der Waals surface area contributed by atoms with Crippen molar-refractivity contribution in [3.05, 3.63) is 59.3 Å². The summed E-state index contributed by atoms with van der Waals surface area (Å²) in [5.41, 5.74) is 6.79. The van der Waals surface area contributed by atoms with Gasteiger partial charge in [-0.2, -0.15) is 0 Å². The monoisotopic (exact) mass is 263 g/mol. The molecule has 3 rings (SSSR count). The van der Waals surface area contributed by atoms with E-state index >= 15 is 0 Å². The van der Waals surface area contributed by atoms with Gasteiger partial charge >= 0.3 is 0 Å².